The van der Waals surface area contributed by atoms with Crippen LogP contribution in [0.25, 0.3) is 0 Å². The van der Waals surface area contributed by atoms with Gasteiger partial charge in [-0.05, 0) is 37.6 Å². The molecule has 2 N–H and O–H groups in total. The first-order chi connectivity index (χ1) is 14.1. The SMILES string of the molecule is CCNC(=NCc1ccc(OC)c(OCC)c1)NCc1ccccc1OC(F)F.I. The van der Waals surface area contributed by atoms with E-state index in [1.807, 2.05) is 32.0 Å². The second-order valence-electron chi connectivity index (χ2n) is 5.95. The summed E-state index contributed by atoms with van der Waals surface area (Å²) in [5.74, 6) is 2.04. The van der Waals surface area contributed by atoms with Crippen LogP contribution in [0, 0.1) is 0 Å². The largest absolute Gasteiger partial charge is 0.493 e. The van der Waals surface area contributed by atoms with Crippen molar-refractivity contribution in [1.29, 1.82) is 0 Å². The fourth-order valence-electron chi connectivity index (χ4n) is 2.64. The quantitative estimate of drug-likeness (QED) is 0.265. The molecule has 0 unspecified atom stereocenters. The number of nitrogens with zero attached hydrogens (tertiary/aromatic N) is 1. The lowest BCUT2D eigenvalue weighted by atomic mass is 10.2. The molecule has 0 radical (unpaired) electrons. The molecule has 2 aromatic carbocycles. The van der Waals surface area contributed by atoms with Crippen LogP contribution in [0.1, 0.15) is 25.0 Å². The summed E-state index contributed by atoms with van der Waals surface area (Å²) in [7, 11) is 1.60. The molecule has 2 aromatic rings. The Hall–Kier alpha value is -2.30. The van der Waals surface area contributed by atoms with Gasteiger partial charge in [0.25, 0.3) is 0 Å². The summed E-state index contributed by atoms with van der Waals surface area (Å²) in [6.07, 6.45) is 0. The molecule has 0 spiro atoms. The van der Waals surface area contributed by atoms with Gasteiger partial charge in [-0.3, -0.25) is 0 Å². The first-order valence-corrected chi connectivity index (χ1v) is 9.42. The maximum absolute atomic E-state index is 12.6. The van der Waals surface area contributed by atoms with Gasteiger partial charge in [-0.1, -0.05) is 24.3 Å². The van der Waals surface area contributed by atoms with E-state index in [9.17, 15) is 8.78 Å². The van der Waals surface area contributed by atoms with E-state index in [1.54, 1.807) is 25.3 Å². The average molecular weight is 535 g/mol. The number of alkyl halides is 2. The predicted molar refractivity (Wildman–Crippen MR) is 124 cm³/mol. The number of aliphatic imine (C=N–C) groups is 1. The lowest BCUT2D eigenvalue weighted by Gasteiger charge is -2.14. The topological polar surface area (TPSA) is 64.1 Å². The van der Waals surface area contributed by atoms with Crippen LogP contribution < -0.4 is 24.8 Å². The van der Waals surface area contributed by atoms with Gasteiger partial charge in [0.15, 0.2) is 17.5 Å². The summed E-state index contributed by atoms with van der Waals surface area (Å²) in [5, 5.41) is 6.28. The second-order valence-corrected chi connectivity index (χ2v) is 5.95. The van der Waals surface area contributed by atoms with Crippen molar-refractivity contribution in [1.82, 2.24) is 10.6 Å². The van der Waals surface area contributed by atoms with E-state index in [-0.39, 0.29) is 29.7 Å². The van der Waals surface area contributed by atoms with Gasteiger partial charge in [-0.25, -0.2) is 4.99 Å². The van der Waals surface area contributed by atoms with Crippen molar-refractivity contribution in [3.05, 3.63) is 53.6 Å². The summed E-state index contributed by atoms with van der Waals surface area (Å²) in [5.41, 5.74) is 1.56. The molecule has 0 atom stereocenters. The van der Waals surface area contributed by atoms with E-state index in [4.69, 9.17) is 9.47 Å². The number of guanidine groups is 1. The number of hydrogen-bond acceptors (Lipinski definition) is 4. The summed E-state index contributed by atoms with van der Waals surface area (Å²) in [6.45, 7) is 2.89. The highest BCUT2D eigenvalue weighted by Gasteiger charge is 2.10. The van der Waals surface area contributed by atoms with Gasteiger partial charge in [0.05, 0.1) is 20.3 Å². The standard InChI is InChI=1S/C21H27F2N3O3.HI/c1-4-24-21(26-14-16-8-6-7-9-17(16)29-20(22)23)25-13-15-10-11-18(27-3)19(12-15)28-5-2;/h6-12,20H,4-5,13-14H2,1-3H3,(H2,24,25,26);1H. The minimum absolute atomic E-state index is 0. The summed E-state index contributed by atoms with van der Waals surface area (Å²) in [6, 6.07) is 12.3. The highest BCUT2D eigenvalue weighted by molar-refractivity contribution is 14.0. The molecule has 9 heteroatoms. The van der Waals surface area contributed by atoms with Crippen LogP contribution in [0.4, 0.5) is 8.78 Å². The number of rotatable bonds is 10. The molecular formula is C21H28F2IN3O3. The molecule has 0 aliphatic rings. The maximum Gasteiger partial charge on any atom is 0.387 e. The number of benzene rings is 2. The third-order valence-electron chi connectivity index (χ3n) is 3.93. The van der Waals surface area contributed by atoms with Gasteiger partial charge >= 0.3 is 6.61 Å². The van der Waals surface area contributed by atoms with Crippen LogP contribution in [-0.4, -0.2) is 32.8 Å². The molecule has 0 heterocycles. The molecule has 0 aliphatic carbocycles. The van der Waals surface area contributed by atoms with Crippen molar-refractivity contribution in [2.75, 3.05) is 20.3 Å². The molecule has 0 aliphatic heterocycles. The van der Waals surface area contributed by atoms with Crippen LogP contribution in [0.5, 0.6) is 17.2 Å². The number of para-hydroxylation sites is 1. The van der Waals surface area contributed by atoms with Gasteiger partial charge in [0.2, 0.25) is 0 Å². The predicted octanol–water partition coefficient (Wildman–Crippen LogP) is 4.57. The molecule has 0 saturated heterocycles. The van der Waals surface area contributed by atoms with Crippen molar-refractivity contribution in [2.45, 2.75) is 33.5 Å². The minimum Gasteiger partial charge on any atom is -0.493 e. The molecule has 6 nitrogen and oxygen atoms in total. The zero-order valence-corrected chi connectivity index (χ0v) is 19.6. The van der Waals surface area contributed by atoms with Crippen LogP contribution >= 0.6 is 24.0 Å². The molecule has 2 rings (SSSR count). The average Bonchev–Trinajstić information content (AvgIpc) is 2.71. The van der Waals surface area contributed by atoms with Crippen LogP contribution in [-0.2, 0) is 13.1 Å². The summed E-state index contributed by atoms with van der Waals surface area (Å²) >= 11 is 0. The smallest absolute Gasteiger partial charge is 0.387 e. The first kappa shape index (κ1) is 25.7. The van der Waals surface area contributed by atoms with E-state index in [2.05, 4.69) is 20.4 Å². The molecule has 0 fully saturated rings. The Morgan fingerprint density at radius 2 is 1.80 bits per heavy atom. The van der Waals surface area contributed by atoms with Crippen molar-refractivity contribution < 1.29 is 23.0 Å². The highest BCUT2D eigenvalue weighted by Crippen LogP contribution is 2.28. The molecular weight excluding hydrogens is 507 g/mol. The third-order valence-corrected chi connectivity index (χ3v) is 3.93. The van der Waals surface area contributed by atoms with Gasteiger partial charge in [-0.15, -0.1) is 24.0 Å². The zero-order valence-electron chi connectivity index (χ0n) is 17.3. The fraction of sp³-hybridized carbons (Fsp3) is 0.381. The number of nitrogens with one attached hydrogen (secondary N) is 2. The van der Waals surface area contributed by atoms with Crippen molar-refractivity contribution >= 4 is 29.9 Å². The van der Waals surface area contributed by atoms with Crippen molar-refractivity contribution in [2.24, 2.45) is 4.99 Å². The molecule has 0 amide bonds. The third kappa shape index (κ3) is 8.21. The Bertz CT molecular complexity index is 807. The number of hydrogen-bond donors (Lipinski definition) is 2. The van der Waals surface area contributed by atoms with Gasteiger partial charge in [0, 0.05) is 18.7 Å². The highest BCUT2D eigenvalue weighted by atomic mass is 127. The minimum atomic E-state index is -2.87. The number of methoxy groups -OCH3 is 1. The van der Waals surface area contributed by atoms with E-state index in [0.717, 1.165) is 5.56 Å². The first-order valence-electron chi connectivity index (χ1n) is 9.42. The van der Waals surface area contributed by atoms with E-state index in [1.165, 1.54) is 6.07 Å². The molecule has 0 bridgehead atoms. The van der Waals surface area contributed by atoms with E-state index < -0.39 is 6.61 Å². The molecule has 30 heavy (non-hydrogen) atoms. The Morgan fingerprint density at radius 3 is 2.47 bits per heavy atom. The van der Waals surface area contributed by atoms with Gasteiger partial charge in [0.1, 0.15) is 5.75 Å². The molecule has 0 aromatic heterocycles. The lowest BCUT2D eigenvalue weighted by molar-refractivity contribution is -0.0504. The fourth-order valence-corrected chi connectivity index (χ4v) is 2.64. The Kier molecular flexibility index (Phi) is 11.9. The van der Waals surface area contributed by atoms with Crippen molar-refractivity contribution in [3.8, 4) is 17.2 Å². The Labute approximate surface area is 193 Å². The summed E-state index contributed by atoms with van der Waals surface area (Å²) in [4.78, 5) is 4.56. The van der Waals surface area contributed by atoms with Crippen molar-refractivity contribution in [3.63, 3.8) is 0 Å². The lowest BCUT2D eigenvalue weighted by Crippen LogP contribution is -2.36. The monoisotopic (exact) mass is 535 g/mol. The number of ether oxygens (including phenoxy) is 3. The normalized spacial score (nSPS) is 10.9. The van der Waals surface area contributed by atoms with Gasteiger partial charge in [-0.2, -0.15) is 8.78 Å². The Morgan fingerprint density at radius 1 is 1.03 bits per heavy atom. The second kappa shape index (κ2) is 13.8. The van der Waals surface area contributed by atoms with Crippen LogP contribution in [0.15, 0.2) is 47.5 Å². The molecule has 0 saturated carbocycles. The van der Waals surface area contributed by atoms with Gasteiger partial charge < -0.3 is 24.8 Å². The van der Waals surface area contributed by atoms with Crippen LogP contribution in [0.2, 0.25) is 0 Å². The zero-order chi connectivity index (χ0) is 21.1. The van der Waals surface area contributed by atoms with Crippen LogP contribution in [0.3, 0.4) is 0 Å². The maximum atomic E-state index is 12.6. The molecule has 166 valence electrons. The number of halogens is 3. The summed E-state index contributed by atoms with van der Waals surface area (Å²) < 4.78 is 40.6. The Balaban J connectivity index is 0.00000450. The van der Waals surface area contributed by atoms with E-state index in [0.29, 0.717) is 49.3 Å². The van der Waals surface area contributed by atoms with E-state index >= 15 is 0 Å².